The third-order valence-corrected chi connectivity index (χ3v) is 3.87. The molecule has 0 aliphatic carbocycles. The van der Waals surface area contributed by atoms with Crippen molar-refractivity contribution in [2.45, 2.75) is 25.1 Å². The minimum Gasteiger partial charge on any atom is -0.399 e. The van der Waals surface area contributed by atoms with Crippen molar-refractivity contribution in [3.8, 4) is 0 Å². The average molecular weight is 240 g/mol. The molecule has 0 aliphatic rings. The third-order valence-electron chi connectivity index (χ3n) is 2.70. The lowest BCUT2D eigenvalue weighted by atomic mass is 10.1. The maximum absolute atomic E-state index is 9.19. The summed E-state index contributed by atoms with van der Waals surface area (Å²) in [5.41, 5.74) is 8.69. The van der Waals surface area contributed by atoms with E-state index in [1.165, 1.54) is 0 Å². The summed E-state index contributed by atoms with van der Waals surface area (Å²) in [5.74, 6) is 0. The molecule has 0 fully saturated rings. The van der Waals surface area contributed by atoms with Gasteiger partial charge in [0, 0.05) is 22.7 Å². The Morgan fingerprint density at radius 1 is 1.50 bits per heavy atom. The first kappa shape index (κ1) is 13.2. The van der Waals surface area contributed by atoms with Crippen LogP contribution in [0.15, 0.2) is 18.2 Å². The summed E-state index contributed by atoms with van der Waals surface area (Å²) in [5, 5.41) is 12.8. The van der Waals surface area contributed by atoms with Crippen LogP contribution in [-0.4, -0.2) is 29.3 Å². The molecule has 0 radical (unpaired) electrons. The van der Waals surface area contributed by atoms with Crippen molar-refractivity contribution in [1.82, 2.24) is 0 Å². The second-order valence-corrected chi connectivity index (χ2v) is 5.04. The molecule has 1 rings (SSSR count). The Bertz CT molecular complexity index is 340. The summed E-state index contributed by atoms with van der Waals surface area (Å²) in [4.78, 5) is 0. The molecule has 0 saturated carbocycles. The lowest BCUT2D eigenvalue weighted by Gasteiger charge is -2.22. The van der Waals surface area contributed by atoms with E-state index in [0.717, 1.165) is 16.9 Å². The van der Waals surface area contributed by atoms with Crippen LogP contribution >= 0.6 is 11.8 Å². The molecule has 1 aromatic rings. The van der Waals surface area contributed by atoms with Gasteiger partial charge in [0.1, 0.15) is 0 Å². The zero-order valence-corrected chi connectivity index (χ0v) is 10.8. The molecular weight excluding hydrogens is 220 g/mol. The van der Waals surface area contributed by atoms with Crippen LogP contribution in [0.25, 0.3) is 0 Å². The van der Waals surface area contributed by atoms with Crippen molar-refractivity contribution in [3.63, 3.8) is 0 Å². The van der Waals surface area contributed by atoms with Crippen molar-refractivity contribution >= 4 is 23.1 Å². The van der Waals surface area contributed by atoms with Gasteiger partial charge in [0.2, 0.25) is 0 Å². The van der Waals surface area contributed by atoms with Crippen LogP contribution in [0.1, 0.15) is 12.5 Å². The van der Waals surface area contributed by atoms with Gasteiger partial charge in [-0.3, -0.25) is 0 Å². The van der Waals surface area contributed by atoms with E-state index in [2.05, 4.69) is 12.2 Å². The molecule has 3 nitrogen and oxygen atoms in total. The van der Waals surface area contributed by atoms with Crippen molar-refractivity contribution in [3.05, 3.63) is 23.8 Å². The van der Waals surface area contributed by atoms with Gasteiger partial charge < -0.3 is 16.2 Å². The van der Waals surface area contributed by atoms with Gasteiger partial charge in [0.05, 0.1) is 6.61 Å². The number of nitrogen functional groups attached to an aromatic ring is 1. The third kappa shape index (κ3) is 3.32. The number of thioether (sulfide) groups is 1. The molecule has 2 atom stereocenters. The number of hydrogen-bond acceptors (Lipinski definition) is 4. The van der Waals surface area contributed by atoms with Crippen LogP contribution in [0.2, 0.25) is 0 Å². The van der Waals surface area contributed by atoms with E-state index in [1.807, 2.05) is 31.4 Å². The molecule has 90 valence electrons. The molecule has 2 unspecified atom stereocenters. The Kier molecular flexibility index (Phi) is 4.96. The summed E-state index contributed by atoms with van der Waals surface area (Å²) in [6.07, 6.45) is 2.01. The van der Waals surface area contributed by atoms with Crippen molar-refractivity contribution in [2.24, 2.45) is 0 Å². The summed E-state index contributed by atoms with van der Waals surface area (Å²) in [6, 6.07) is 6.12. The zero-order chi connectivity index (χ0) is 12.1. The fraction of sp³-hybridized carbons (Fsp3) is 0.500. The quantitative estimate of drug-likeness (QED) is 0.690. The van der Waals surface area contributed by atoms with Crippen LogP contribution in [-0.2, 0) is 0 Å². The molecule has 0 bridgehead atoms. The molecule has 0 heterocycles. The second kappa shape index (κ2) is 6.01. The van der Waals surface area contributed by atoms with E-state index in [0.29, 0.717) is 0 Å². The fourth-order valence-electron chi connectivity index (χ4n) is 1.56. The number of anilines is 2. The van der Waals surface area contributed by atoms with Crippen LogP contribution in [0.4, 0.5) is 11.4 Å². The smallest absolute Gasteiger partial charge is 0.0569 e. The summed E-state index contributed by atoms with van der Waals surface area (Å²) >= 11 is 1.67. The van der Waals surface area contributed by atoms with Crippen LogP contribution in [0, 0.1) is 6.92 Å². The maximum Gasteiger partial charge on any atom is 0.0569 e. The highest BCUT2D eigenvalue weighted by Gasteiger charge is 2.14. The lowest BCUT2D eigenvalue weighted by molar-refractivity contribution is 0.288. The van der Waals surface area contributed by atoms with Crippen molar-refractivity contribution in [1.29, 1.82) is 0 Å². The summed E-state index contributed by atoms with van der Waals surface area (Å²) < 4.78 is 0. The van der Waals surface area contributed by atoms with Gasteiger partial charge in [-0.1, -0.05) is 0 Å². The van der Waals surface area contributed by atoms with E-state index in [4.69, 9.17) is 5.73 Å². The summed E-state index contributed by atoms with van der Waals surface area (Å²) in [7, 11) is 0. The van der Waals surface area contributed by atoms with Gasteiger partial charge in [0.25, 0.3) is 0 Å². The molecule has 0 saturated heterocycles. The largest absolute Gasteiger partial charge is 0.399 e. The molecule has 0 aliphatic heterocycles. The van der Waals surface area contributed by atoms with Gasteiger partial charge in [0.15, 0.2) is 0 Å². The van der Waals surface area contributed by atoms with E-state index in [1.54, 1.807) is 11.8 Å². The zero-order valence-electron chi connectivity index (χ0n) is 10.0. The van der Waals surface area contributed by atoms with E-state index >= 15 is 0 Å². The Balaban J connectivity index is 2.69. The number of benzene rings is 1. The number of aliphatic hydroxyl groups is 1. The molecule has 0 spiro atoms. The molecule has 1 aromatic carbocycles. The number of nitrogens with one attached hydrogen (secondary N) is 1. The van der Waals surface area contributed by atoms with Gasteiger partial charge in [-0.15, -0.1) is 0 Å². The number of nitrogens with two attached hydrogens (primary N) is 1. The molecule has 16 heavy (non-hydrogen) atoms. The van der Waals surface area contributed by atoms with Crippen molar-refractivity contribution in [2.75, 3.05) is 23.9 Å². The normalized spacial score (nSPS) is 14.5. The first-order chi connectivity index (χ1) is 7.58. The second-order valence-electron chi connectivity index (χ2n) is 3.96. The predicted molar refractivity (Wildman–Crippen MR) is 73.1 cm³/mol. The maximum atomic E-state index is 9.19. The van der Waals surface area contributed by atoms with Gasteiger partial charge in [-0.2, -0.15) is 11.8 Å². The number of aliphatic hydroxyl groups excluding tert-OH is 1. The minimum absolute atomic E-state index is 0.184. The highest BCUT2D eigenvalue weighted by molar-refractivity contribution is 7.99. The summed E-state index contributed by atoms with van der Waals surface area (Å²) in [6.45, 7) is 4.25. The van der Waals surface area contributed by atoms with E-state index in [-0.39, 0.29) is 17.9 Å². The molecule has 4 heteroatoms. The topological polar surface area (TPSA) is 58.3 Å². The SMILES string of the molecule is CSC(CO)C(C)Nc1ccc(N)c(C)c1. The van der Waals surface area contributed by atoms with Gasteiger partial charge >= 0.3 is 0 Å². The number of rotatable bonds is 5. The standard InChI is InChI=1S/C12H20N2OS/c1-8-6-10(4-5-11(8)13)14-9(2)12(7-15)16-3/h4-6,9,12,14-15H,7,13H2,1-3H3. The Morgan fingerprint density at radius 3 is 2.69 bits per heavy atom. The molecular formula is C12H20N2OS. The van der Waals surface area contributed by atoms with Gasteiger partial charge in [-0.05, 0) is 43.9 Å². The minimum atomic E-state index is 0.184. The fourth-order valence-corrected chi connectivity index (χ4v) is 2.18. The van der Waals surface area contributed by atoms with Crippen LogP contribution in [0.5, 0.6) is 0 Å². The van der Waals surface area contributed by atoms with Crippen LogP contribution in [0.3, 0.4) is 0 Å². The Morgan fingerprint density at radius 2 is 2.19 bits per heavy atom. The Labute approximate surface area is 101 Å². The highest BCUT2D eigenvalue weighted by atomic mass is 32.2. The van der Waals surface area contributed by atoms with Crippen molar-refractivity contribution < 1.29 is 5.11 Å². The molecule has 0 aromatic heterocycles. The van der Waals surface area contributed by atoms with Gasteiger partial charge in [-0.25, -0.2) is 0 Å². The first-order valence-corrected chi connectivity index (χ1v) is 6.63. The molecule has 0 amide bonds. The van der Waals surface area contributed by atoms with E-state index < -0.39 is 0 Å². The Hall–Kier alpha value is -0.870. The number of hydrogen-bond donors (Lipinski definition) is 3. The first-order valence-electron chi connectivity index (χ1n) is 5.34. The lowest BCUT2D eigenvalue weighted by Crippen LogP contribution is -2.30. The molecule has 4 N–H and O–H groups in total. The highest BCUT2D eigenvalue weighted by Crippen LogP contribution is 2.20. The van der Waals surface area contributed by atoms with E-state index in [9.17, 15) is 5.11 Å². The average Bonchev–Trinajstić information content (AvgIpc) is 2.25. The predicted octanol–water partition coefficient (Wildman–Crippen LogP) is 2.10. The van der Waals surface area contributed by atoms with Crippen LogP contribution < -0.4 is 11.1 Å². The monoisotopic (exact) mass is 240 g/mol. The number of aryl methyl sites for hydroxylation is 1.